The molecule has 1 atom stereocenters. The van der Waals surface area contributed by atoms with Gasteiger partial charge in [0.2, 0.25) is 0 Å². The van der Waals surface area contributed by atoms with Crippen molar-refractivity contribution < 1.29 is 4.79 Å². The Morgan fingerprint density at radius 3 is 2.62 bits per heavy atom. The summed E-state index contributed by atoms with van der Waals surface area (Å²) in [6.45, 7) is 9.10. The highest BCUT2D eigenvalue weighted by Gasteiger charge is 2.28. The minimum atomic E-state index is -0.136. The second kappa shape index (κ2) is 6.02. The number of nitrogens with zero attached hydrogens (tertiary/aromatic N) is 1. The number of hydrogen-bond donors (Lipinski definition) is 3. The summed E-state index contributed by atoms with van der Waals surface area (Å²) in [4.78, 5) is 16.8. The molecule has 0 spiro atoms. The Bertz CT molecular complexity index is 517. The molecule has 1 fully saturated rings. The van der Waals surface area contributed by atoms with E-state index < -0.39 is 0 Å². The van der Waals surface area contributed by atoms with Crippen molar-refractivity contribution in [1.29, 1.82) is 0 Å². The molecule has 0 radical (unpaired) electrons. The fraction of sp³-hybridized carbons (Fsp3) is 0.625. The lowest BCUT2D eigenvalue weighted by Crippen LogP contribution is -2.29. The predicted molar refractivity (Wildman–Crippen MR) is 85.0 cm³/mol. The second-order valence-electron chi connectivity index (χ2n) is 7.05. The summed E-state index contributed by atoms with van der Waals surface area (Å²) in [7, 11) is 0. The molecule has 5 nitrogen and oxygen atoms in total. The molecule has 1 unspecified atom stereocenters. The Hall–Kier alpha value is -1.62. The molecule has 1 saturated carbocycles. The zero-order valence-electron chi connectivity index (χ0n) is 13.4. The van der Waals surface area contributed by atoms with Crippen molar-refractivity contribution in [2.45, 2.75) is 46.0 Å². The summed E-state index contributed by atoms with van der Waals surface area (Å²) in [6.07, 6.45) is 2.59. The lowest BCUT2D eigenvalue weighted by atomic mass is 9.90. The van der Waals surface area contributed by atoms with Gasteiger partial charge in [-0.3, -0.25) is 4.79 Å². The lowest BCUT2D eigenvalue weighted by Gasteiger charge is -2.20. The third-order valence-corrected chi connectivity index (χ3v) is 4.02. The van der Waals surface area contributed by atoms with Gasteiger partial charge in [-0.15, -0.1) is 0 Å². The number of nitrogens with two attached hydrogens (primary N) is 1. The molecule has 0 saturated heterocycles. The first-order valence-electron chi connectivity index (χ1n) is 7.58. The van der Waals surface area contributed by atoms with Gasteiger partial charge in [-0.2, -0.15) is 0 Å². The number of carbonyl (C=O) groups is 1. The number of rotatable bonds is 5. The number of anilines is 1. The first kappa shape index (κ1) is 15.8. The quantitative estimate of drug-likeness (QED) is 0.575. The van der Waals surface area contributed by atoms with Crippen LogP contribution >= 0.6 is 0 Å². The van der Waals surface area contributed by atoms with Crippen LogP contribution in [0.15, 0.2) is 12.1 Å². The zero-order valence-corrected chi connectivity index (χ0v) is 13.4. The Kier molecular flexibility index (Phi) is 4.52. The van der Waals surface area contributed by atoms with Gasteiger partial charge in [0, 0.05) is 23.2 Å². The van der Waals surface area contributed by atoms with Gasteiger partial charge in [0.15, 0.2) is 0 Å². The number of amides is 1. The van der Waals surface area contributed by atoms with Crippen LogP contribution in [0.1, 0.15) is 56.6 Å². The van der Waals surface area contributed by atoms with Gasteiger partial charge >= 0.3 is 0 Å². The highest BCUT2D eigenvalue weighted by molar-refractivity contribution is 5.95. The summed E-state index contributed by atoms with van der Waals surface area (Å²) in [5.74, 6) is 7.24. The van der Waals surface area contributed by atoms with Gasteiger partial charge in [0.25, 0.3) is 5.91 Å². The van der Waals surface area contributed by atoms with Crippen LogP contribution in [0.2, 0.25) is 0 Å². The summed E-state index contributed by atoms with van der Waals surface area (Å²) in [5.41, 5.74) is 3.85. The number of aromatic nitrogens is 1. The van der Waals surface area contributed by atoms with Gasteiger partial charge in [0.05, 0.1) is 0 Å². The minimum Gasteiger partial charge on any atom is -0.352 e. The average molecular weight is 290 g/mol. The summed E-state index contributed by atoms with van der Waals surface area (Å²) >= 11 is 0. The van der Waals surface area contributed by atoms with E-state index in [1.165, 1.54) is 12.8 Å². The SMILES string of the molecule is CC(CNC(=O)c1cc(NN)nc(C(C)(C)C)c1)C1CC1. The number of hydrazine groups is 1. The van der Waals surface area contributed by atoms with E-state index >= 15 is 0 Å². The van der Waals surface area contributed by atoms with Crippen molar-refractivity contribution in [3.63, 3.8) is 0 Å². The van der Waals surface area contributed by atoms with Crippen LogP contribution in [0.25, 0.3) is 0 Å². The highest BCUT2D eigenvalue weighted by atomic mass is 16.1. The molecule has 0 bridgehead atoms. The molecule has 2 rings (SSSR count). The van der Waals surface area contributed by atoms with E-state index in [9.17, 15) is 4.79 Å². The Balaban J connectivity index is 2.11. The number of carbonyl (C=O) groups excluding carboxylic acids is 1. The van der Waals surface area contributed by atoms with Crippen LogP contribution in [0.4, 0.5) is 5.82 Å². The first-order valence-corrected chi connectivity index (χ1v) is 7.58. The molecule has 0 aromatic carbocycles. The molecule has 1 heterocycles. The fourth-order valence-corrected chi connectivity index (χ4v) is 2.31. The van der Waals surface area contributed by atoms with Crippen LogP contribution in [0, 0.1) is 11.8 Å². The molecule has 21 heavy (non-hydrogen) atoms. The Morgan fingerprint density at radius 1 is 1.43 bits per heavy atom. The Morgan fingerprint density at radius 2 is 2.10 bits per heavy atom. The summed E-state index contributed by atoms with van der Waals surface area (Å²) in [6, 6.07) is 3.53. The van der Waals surface area contributed by atoms with Gasteiger partial charge in [-0.25, -0.2) is 10.8 Å². The van der Waals surface area contributed by atoms with Crippen molar-refractivity contribution in [2.75, 3.05) is 12.0 Å². The smallest absolute Gasteiger partial charge is 0.251 e. The number of nitrogen functional groups attached to an aromatic ring is 1. The first-order chi connectivity index (χ1) is 9.81. The van der Waals surface area contributed by atoms with E-state index in [-0.39, 0.29) is 11.3 Å². The number of nitrogens with one attached hydrogen (secondary N) is 2. The zero-order chi connectivity index (χ0) is 15.6. The predicted octanol–water partition coefficient (Wildman–Crippen LogP) is 2.44. The monoisotopic (exact) mass is 290 g/mol. The topological polar surface area (TPSA) is 80.0 Å². The van der Waals surface area contributed by atoms with Gasteiger partial charge < -0.3 is 10.7 Å². The molecule has 116 valence electrons. The molecule has 1 aromatic rings. The normalized spacial score (nSPS) is 16.4. The van der Waals surface area contributed by atoms with Crippen molar-refractivity contribution in [3.05, 3.63) is 23.4 Å². The second-order valence-corrected chi connectivity index (χ2v) is 7.05. The van der Waals surface area contributed by atoms with Crippen LogP contribution in [0.5, 0.6) is 0 Å². The highest BCUT2D eigenvalue weighted by Crippen LogP contribution is 2.36. The maximum atomic E-state index is 12.3. The van der Waals surface area contributed by atoms with Gasteiger partial charge in [-0.05, 0) is 36.8 Å². The van der Waals surface area contributed by atoms with Crippen LogP contribution in [0.3, 0.4) is 0 Å². The molecule has 0 aliphatic heterocycles. The van der Waals surface area contributed by atoms with E-state index in [1.807, 2.05) is 6.07 Å². The lowest BCUT2D eigenvalue weighted by molar-refractivity contribution is 0.0946. The standard InChI is InChI=1S/C16H26N4O/c1-10(11-5-6-11)9-18-15(21)12-7-13(16(2,3)4)19-14(8-12)20-17/h7-8,10-11H,5-6,9,17H2,1-4H3,(H,18,21)(H,19,20). The molecular formula is C16H26N4O. The maximum absolute atomic E-state index is 12.3. The number of pyridine rings is 1. The van der Waals surface area contributed by atoms with Gasteiger partial charge in [-0.1, -0.05) is 27.7 Å². The maximum Gasteiger partial charge on any atom is 0.251 e. The van der Waals surface area contributed by atoms with E-state index in [2.05, 4.69) is 43.4 Å². The van der Waals surface area contributed by atoms with Crippen molar-refractivity contribution in [2.24, 2.45) is 17.7 Å². The van der Waals surface area contributed by atoms with Crippen molar-refractivity contribution >= 4 is 11.7 Å². The molecule has 5 heteroatoms. The van der Waals surface area contributed by atoms with E-state index in [0.717, 1.165) is 18.2 Å². The molecule has 1 aliphatic rings. The van der Waals surface area contributed by atoms with E-state index in [4.69, 9.17) is 5.84 Å². The molecule has 1 aliphatic carbocycles. The third kappa shape index (κ3) is 4.17. The molecule has 4 N–H and O–H groups in total. The summed E-state index contributed by atoms with van der Waals surface area (Å²) in [5, 5.41) is 3.01. The average Bonchev–Trinajstić information content (AvgIpc) is 3.27. The third-order valence-electron chi connectivity index (χ3n) is 4.02. The minimum absolute atomic E-state index is 0.0631. The fourth-order valence-electron chi connectivity index (χ4n) is 2.31. The Labute approximate surface area is 126 Å². The van der Waals surface area contributed by atoms with E-state index in [1.54, 1.807) is 6.07 Å². The van der Waals surface area contributed by atoms with Crippen LogP contribution in [-0.2, 0) is 5.41 Å². The van der Waals surface area contributed by atoms with Crippen molar-refractivity contribution in [1.82, 2.24) is 10.3 Å². The summed E-state index contributed by atoms with van der Waals surface area (Å²) < 4.78 is 0. The number of hydrogen-bond acceptors (Lipinski definition) is 4. The van der Waals surface area contributed by atoms with Crippen LogP contribution in [-0.4, -0.2) is 17.4 Å². The largest absolute Gasteiger partial charge is 0.352 e. The van der Waals surface area contributed by atoms with Crippen LogP contribution < -0.4 is 16.6 Å². The van der Waals surface area contributed by atoms with E-state index in [0.29, 0.717) is 17.3 Å². The molecule has 1 aromatic heterocycles. The molecular weight excluding hydrogens is 264 g/mol. The van der Waals surface area contributed by atoms with Gasteiger partial charge in [0.1, 0.15) is 5.82 Å². The molecule has 1 amide bonds. The van der Waals surface area contributed by atoms with Crippen molar-refractivity contribution in [3.8, 4) is 0 Å².